The van der Waals surface area contributed by atoms with Crippen molar-refractivity contribution in [3.63, 3.8) is 0 Å². The van der Waals surface area contributed by atoms with Gasteiger partial charge in [0, 0.05) is 6.42 Å². The average molecular weight is 228 g/mol. The maximum Gasteiger partial charge on any atom is 0.233 e. The first-order valence-corrected chi connectivity index (χ1v) is 4.86. The fraction of sp³-hybridized carbons (Fsp3) is 0.100. The maximum absolute atomic E-state index is 5.66. The summed E-state index contributed by atoms with van der Waals surface area (Å²) in [5, 5.41) is 0.371. The first kappa shape index (κ1) is 9.56. The molecular formula is C10H7Cl2NO. The quantitative estimate of drug-likeness (QED) is 0.785. The minimum absolute atomic E-state index is 0.151. The molecule has 0 amide bonds. The molecule has 2 rings (SSSR count). The summed E-state index contributed by atoms with van der Waals surface area (Å²) in [4.78, 5) is 3.97. The van der Waals surface area contributed by atoms with Gasteiger partial charge in [-0.15, -0.1) is 0 Å². The van der Waals surface area contributed by atoms with Crippen LogP contribution in [0.1, 0.15) is 11.5 Å². The van der Waals surface area contributed by atoms with Crippen molar-refractivity contribution >= 4 is 23.2 Å². The lowest BCUT2D eigenvalue weighted by Crippen LogP contribution is -1.86. The Kier molecular flexibility index (Phi) is 2.75. The highest BCUT2D eigenvalue weighted by Gasteiger charge is 2.08. The summed E-state index contributed by atoms with van der Waals surface area (Å²) < 4.78 is 5.14. The molecule has 0 fully saturated rings. The second kappa shape index (κ2) is 4.03. The third kappa shape index (κ3) is 2.08. The Hall–Kier alpha value is -0.990. The van der Waals surface area contributed by atoms with Crippen LogP contribution in [0.5, 0.6) is 0 Å². The van der Waals surface area contributed by atoms with E-state index in [0.29, 0.717) is 12.3 Å². The van der Waals surface area contributed by atoms with E-state index in [0.717, 1.165) is 5.56 Å². The van der Waals surface area contributed by atoms with Crippen molar-refractivity contribution in [2.24, 2.45) is 0 Å². The van der Waals surface area contributed by atoms with Crippen LogP contribution < -0.4 is 0 Å². The minimum atomic E-state index is 0.151. The van der Waals surface area contributed by atoms with E-state index in [1.54, 1.807) is 0 Å². The van der Waals surface area contributed by atoms with E-state index < -0.39 is 0 Å². The van der Waals surface area contributed by atoms with Gasteiger partial charge in [-0.3, -0.25) is 0 Å². The van der Waals surface area contributed by atoms with E-state index in [2.05, 4.69) is 4.98 Å². The zero-order valence-electron chi connectivity index (χ0n) is 7.21. The van der Waals surface area contributed by atoms with E-state index >= 15 is 0 Å². The first-order valence-electron chi connectivity index (χ1n) is 4.10. The SMILES string of the molecule is Clc1nc(Cc2ccccc2)oc1Cl. The number of benzene rings is 1. The van der Waals surface area contributed by atoms with Gasteiger partial charge in [0.15, 0.2) is 5.15 Å². The second-order valence-corrected chi connectivity index (χ2v) is 3.54. The van der Waals surface area contributed by atoms with Crippen LogP contribution in [0.3, 0.4) is 0 Å². The molecule has 14 heavy (non-hydrogen) atoms. The number of hydrogen-bond acceptors (Lipinski definition) is 2. The predicted octanol–water partition coefficient (Wildman–Crippen LogP) is 3.57. The Labute approximate surface area is 91.5 Å². The summed E-state index contributed by atoms with van der Waals surface area (Å²) in [6.45, 7) is 0. The smallest absolute Gasteiger partial charge is 0.233 e. The van der Waals surface area contributed by atoms with Gasteiger partial charge in [-0.25, -0.2) is 0 Å². The number of aromatic nitrogens is 1. The number of nitrogens with zero attached hydrogens (tertiary/aromatic N) is 1. The molecule has 2 nitrogen and oxygen atoms in total. The van der Waals surface area contributed by atoms with Crippen LogP contribution >= 0.6 is 23.2 Å². The van der Waals surface area contributed by atoms with Crippen molar-refractivity contribution in [1.82, 2.24) is 4.98 Å². The van der Waals surface area contributed by atoms with Gasteiger partial charge in [0.25, 0.3) is 0 Å². The Morgan fingerprint density at radius 3 is 2.43 bits per heavy atom. The van der Waals surface area contributed by atoms with E-state index in [4.69, 9.17) is 27.6 Å². The number of halogens is 2. The van der Waals surface area contributed by atoms with Crippen molar-refractivity contribution in [3.8, 4) is 0 Å². The van der Waals surface area contributed by atoms with Crippen molar-refractivity contribution in [2.45, 2.75) is 6.42 Å². The lowest BCUT2D eigenvalue weighted by molar-refractivity contribution is 0.508. The van der Waals surface area contributed by atoms with E-state index in [9.17, 15) is 0 Å². The number of hydrogen-bond donors (Lipinski definition) is 0. The molecule has 1 aromatic heterocycles. The Morgan fingerprint density at radius 2 is 1.86 bits per heavy atom. The van der Waals surface area contributed by atoms with Crippen molar-refractivity contribution in [3.05, 3.63) is 52.2 Å². The van der Waals surface area contributed by atoms with Gasteiger partial charge in [-0.2, -0.15) is 4.98 Å². The number of rotatable bonds is 2. The van der Waals surface area contributed by atoms with Gasteiger partial charge in [-0.1, -0.05) is 41.9 Å². The van der Waals surface area contributed by atoms with Crippen molar-refractivity contribution in [2.75, 3.05) is 0 Å². The van der Waals surface area contributed by atoms with Gasteiger partial charge in [-0.05, 0) is 17.2 Å². The second-order valence-electron chi connectivity index (χ2n) is 2.83. The fourth-order valence-corrected chi connectivity index (χ4v) is 1.43. The molecule has 0 spiro atoms. The van der Waals surface area contributed by atoms with Gasteiger partial charge >= 0.3 is 0 Å². The molecular weight excluding hydrogens is 221 g/mol. The van der Waals surface area contributed by atoms with Crippen LogP contribution in [0.25, 0.3) is 0 Å². The van der Waals surface area contributed by atoms with Crippen LogP contribution in [0.2, 0.25) is 10.4 Å². The highest BCUT2D eigenvalue weighted by molar-refractivity contribution is 6.40. The molecule has 0 atom stereocenters. The molecule has 2 aromatic rings. The highest BCUT2D eigenvalue weighted by Crippen LogP contribution is 2.23. The van der Waals surface area contributed by atoms with Gasteiger partial charge in [0.1, 0.15) is 0 Å². The molecule has 0 aliphatic rings. The normalized spacial score (nSPS) is 10.4. The lowest BCUT2D eigenvalue weighted by Gasteiger charge is -1.94. The molecule has 0 radical (unpaired) electrons. The molecule has 1 heterocycles. The largest absolute Gasteiger partial charge is 0.427 e. The molecule has 4 heteroatoms. The summed E-state index contributed by atoms with van der Waals surface area (Å²) in [6.07, 6.45) is 0.604. The van der Waals surface area contributed by atoms with E-state index in [-0.39, 0.29) is 10.4 Å². The maximum atomic E-state index is 5.66. The van der Waals surface area contributed by atoms with Crippen LogP contribution in [-0.4, -0.2) is 4.98 Å². The summed E-state index contributed by atoms with van der Waals surface area (Å²) in [6, 6.07) is 9.86. The molecule has 0 N–H and O–H groups in total. The van der Waals surface area contributed by atoms with Crippen molar-refractivity contribution < 1.29 is 4.42 Å². The monoisotopic (exact) mass is 227 g/mol. The van der Waals surface area contributed by atoms with Crippen LogP contribution in [0.4, 0.5) is 0 Å². The van der Waals surface area contributed by atoms with E-state index in [1.165, 1.54) is 0 Å². The summed E-state index contributed by atoms with van der Waals surface area (Å²) in [5.74, 6) is 0.534. The van der Waals surface area contributed by atoms with Gasteiger partial charge in [0.05, 0.1) is 0 Å². The molecule has 1 aromatic carbocycles. The van der Waals surface area contributed by atoms with Crippen LogP contribution in [0, 0.1) is 0 Å². The third-order valence-electron chi connectivity index (χ3n) is 1.79. The zero-order valence-corrected chi connectivity index (χ0v) is 8.72. The Morgan fingerprint density at radius 1 is 1.14 bits per heavy atom. The number of oxazole rings is 1. The Balaban J connectivity index is 2.19. The van der Waals surface area contributed by atoms with E-state index in [1.807, 2.05) is 30.3 Å². The first-order chi connectivity index (χ1) is 6.75. The molecule has 0 aliphatic carbocycles. The topological polar surface area (TPSA) is 26.0 Å². The minimum Gasteiger partial charge on any atom is -0.427 e. The van der Waals surface area contributed by atoms with Crippen LogP contribution in [-0.2, 0) is 6.42 Å². The standard InChI is InChI=1S/C10H7Cl2NO/c11-9-10(12)14-8(13-9)6-7-4-2-1-3-5-7/h1-5H,6H2. The lowest BCUT2D eigenvalue weighted by atomic mass is 10.2. The van der Waals surface area contributed by atoms with Gasteiger partial charge in [0.2, 0.25) is 11.1 Å². The molecule has 0 bridgehead atoms. The van der Waals surface area contributed by atoms with Crippen molar-refractivity contribution in [1.29, 1.82) is 0 Å². The predicted molar refractivity (Wildman–Crippen MR) is 55.8 cm³/mol. The molecule has 0 unspecified atom stereocenters. The molecule has 0 saturated heterocycles. The summed E-state index contributed by atoms with van der Waals surface area (Å²) in [5.41, 5.74) is 1.11. The van der Waals surface area contributed by atoms with Gasteiger partial charge < -0.3 is 4.42 Å². The zero-order chi connectivity index (χ0) is 9.97. The Bertz CT molecular complexity index is 405. The molecule has 0 saturated carbocycles. The summed E-state index contributed by atoms with van der Waals surface area (Å²) in [7, 11) is 0. The van der Waals surface area contributed by atoms with Crippen LogP contribution in [0.15, 0.2) is 34.7 Å². The molecule has 0 aliphatic heterocycles. The molecule has 72 valence electrons. The fourth-order valence-electron chi connectivity index (χ4n) is 1.17. The summed E-state index contributed by atoms with van der Waals surface area (Å²) >= 11 is 11.3. The average Bonchev–Trinajstić information content (AvgIpc) is 2.47. The highest BCUT2D eigenvalue weighted by atomic mass is 35.5. The third-order valence-corrected chi connectivity index (χ3v) is 2.40.